The van der Waals surface area contributed by atoms with E-state index in [9.17, 15) is 4.79 Å². The standard InChI is InChI=1S/C25H37N5O/c1-2-30-14-6-9-23(30)18-26-24(31)11-10-20-12-15-29(16-13-20)19-22-17-27-28-25(22)21-7-4-3-5-8-21/h3-5,7-8,17,20,23H,2,6,9-16,18-19H2,1H3,(H,26,31)(H,27,28). The van der Waals surface area contributed by atoms with Crippen LogP contribution in [0.25, 0.3) is 11.3 Å². The van der Waals surface area contributed by atoms with Crippen molar-refractivity contribution in [1.82, 2.24) is 25.3 Å². The number of hydrogen-bond donors (Lipinski definition) is 2. The van der Waals surface area contributed by atoms with Crippen molar-refractivity contribution in [3.05, 3.63) is 42.1 Å². The minimum absolute atomic E-state index is 0.233. The van der Waals surface area contributed by atoms with Gasteiger partial charge in [0.05, 0.1) is 11.9 Å². The molecule has 0 aliphatic carbocycles. The van der Waals surface area contributed by atoms with E-state index in [1.54, 1.807) is 0 Å². The maximum atomic E-state index is 12.3. The Labute approximate surface area is 186 Å². The van der Waals surface area contributed by atoms with Crippen LogP contribution in [0, 0.1) is 5.92 Å². The van der Waals surface area contributed by atoms with Gasteiger partial charge in [-0.05, 0) is 69.8 Å². The molecule has 1 unspecified atom stereocenters. The van der Waals surface area contributed by atoms with Crippen LogP contribution in [-0.4, -0.2) is 64.7 Å². The molecule has 1 aromatic heterocycles. The third kappa shape index (κ3) is 5.95. The monoisotopic (exact) mass is 423 g/mol. The van der Waals surface area contributed by atoms with Crippen LogP contribution in [0.1, 0.15) is 51.0 Å². The van der Waals surface area contributed by atoms with Crippen LogP contribution < -0.4 is 5.32 Å². The summed E-state index contributed by atoms with van der Waals surface area (Å²) in [5, 5.41) is 10.6. The van der Waals surface area contributed by atoms with Gasteiger partial charge in [-0.3, -0.25) is 19.7 Å². The van der Waals surface area contributed by atoms with Crippen LogP contribution in [0.4, 0.5) is 0 Å². The van der Waals surface area contributed by atoms with Crippen molar-refractivity contribution >= 4 is 5.91 Å². The SMILES string of the molecule is CCN1CCCC1CNC(=O)CCC1CCN(Cc2cn[nH]c2-c2ccccc2)CC1. The summed E-state index contributed by atoms with van der Waals surface area (Å²) in [5.74, 6) is 0.898. The predicted molar refractivity (Wildman–Crippen MR) is 125 cm³/mol. The minimum atomic E-state index is 0.233. The molecule has 6 nitrogen and oxygen atoms in total. The number of carbonyl (C=O) groups is 1. The van der Waals surface area contributed by atoms with Gasteiger partial charge in [0.2, 0.25) is 5.91 Å². The summed E-state index contributed by atoms with van der Waals surface area (Å²) in [6.07, 6.45) is 8.49. The van der Waals surface area contributed by atoms with Gasteiger partial charge in [-0.15, -0.1) is 0 Å². The van der Waals surface area contributed by atoms with E-state index in [2.05, 4.69) is 56.5 Å². The largest absolute Gasteiger partial charge is 0.355 e. The Morgan fingerprint density at radius 1 is 1.16 bits per heavy atom. The molecule has 6 heteroatoms. The van der Waals surface area contributed by atoms with Gasteiger partial charge in [-0.2, -0.15) is 5.10 Å². The van der Waals surface area contributed by atoms with Crippen LogP contribution in [-0.2, 0) is 11.3 Å². The maximum Gasteiger partial charge on any atom is 0.220 e. The number of benzene rings is 1. The highest BCUT2D eigenvalue weighted by Gasteiger charge is 2.24. The Balaban J connectivity index is 1.16. The first-order valence-corrected chi connectivity index (χ1v) is 12.0. The Morgan fingerprint density at radius 2 is 1.97 bits per heavy atom. The van der Waals surface area contributed by atoms with E-state index in [-0.39, 0.29) is 5.91 Å². The molecule has 31 heavy (non-hydrogen) atoms. The van der Waals surface area contributed by atoms with E-state index in [1.807, 2.05) is 12.3 Å². The molecule has 2 aromatic rings. The van der Waals surface area contributed by atoms with E-state index < -0.39 is 0 Å². The highest BCUT2D eigenvalue weighted by Crippen LogP contribution is 2.26. The van der Waals surface area contributed by atoms with Crippen LogP contribution in [0.2, 0.25) is 0 Å². The third-order valence-electron chi connectivity index (χ3n) is 7.10. The molecular formula is C25H37N5O. The molecule has 4 rings (SSSR count). The van der Waals surface area contributed by atoms with E-state index in [4.69, 9.17) is 0 Å². The number of aromatic nitrogens is 2. The number of likely N-dealkylation sites (N-methyl/N-ethyl adjacent to an activating group) is 1. The predicted octanol–water partition coefficient (Wildman–Crippen LogP) is 3.67. The second-order valence-electron chi connectivity index (χ2n) is 9.12. The molecule has 1 atom stereocenters. The van der Waals surface area contributed by atoms with Gasteiger partial charge in [-0.25, -0.2) is 0 Å². The average molecular weight is 424 g/mol. The number of likely N-dealkylation sites (tertiary alicyclic amines) is 2. The first-order valence-electron chi connectivity index (χ1n) is 12.0. The molecule has 2 saturated heterocycles. The summed E-state index contributed by atoms with van der Waals surface area (Å²) in [6, 6.07) is 11.0. The number of rotatable bonds is 9. The van der Waals surface area contributed by atoms with Crippen LogP contribution in [0.3, 0.4) is 0 Å². The molecule has 2 aliphatic heterocycles. The smallest absolute Gasteiger partial charge is 0.220 e. The van der Waals surface area contributed by atoms with Crippen LogP contribution >= 0.6 is 0 Å². The number of amides is 1. The molecule has 0 saturated carbocycles. The van der Waals surface area contributed by atoms with Crippen LogP contribution in [0.5, 0.6) is 0 Å². The van der Waals surface area contributed by atoms with Gasteiger partial charge < -0.3 is 5.32 Å². The molecule has 168 valence electrons. The zero-order chi connectivity index (χ0) is 21.5. The number of aromatic amines is 1. The van der Waals surface area contributed by atoms with Gasteiger partial charge in [0.1, 0.15) is 0 Å². The third-order valence-corrected chi connectivity index (χ3v) is 7.10. The van der Waals surface area contributed by atoms with Crippen molar-refractivity contribution in [2.75, 3.05) is 32.7 Å². The second-order valence-corrected chi connectivity index (χ2v) is 9.12. The molecule has 0 spiro atoms. The molecule has 2 aliphatic rings. The first-order chi connectivity index (χ1) is 15.2. The number of H-pyrrole nitrogens is 1. The van der Waals surface area contributed by atoms with E-state index in [1.165, 1.54) is 43.4 Å². The summed E-state index contributed by atoms with van der Waals surface area (Å²) in [5.41, 5.74) is 3.58. The van der Waals surface area contributed by atoms with E-state index in [0.717, 1.165) is 44.8 Å². The van der Waals surface area contributed by atoms with Gasteiger partial charge in [0.25, 0.3) is 0 Å². The second kappa shape index (κ2) is 10.9. The Kier molecular flexibility index (Phi) is 7.76. The summed E-state index contributed by atoms with van der Waals surface area (Å²) in [7, 11) is 0. The Hall–Kier alpha value is -2.18. The molecule has 0 radical (unpaired) electrons. The topological polar surface area (TPSA) is 64.3 Å². The summed E-state index contributed by atoms with van der Waals surface area (Å²) in [4.78, 5) is 17.3. The molecule has 0 bridgehead atoms. The fraction of sp³-hybridized carbons (Fsp3) is 0.600. The van der Waals surface area contributed by atoms with Crippen molar-refractivity contribution in [3.8, 4) is 11.3 Å². The van der Waals surface area contributed by atoms with Crippen molar-refractivity contribution in [1.29, 1.82) is 0 Å². The first kappa shape index (κ1) is 22.0. The lowest BCUT2D eigenvalue weighted by Gasteiger charge is -2.32. The number of hydrogen-bond acceptors (Lipinski definition) is 4. The zero-order valence-electron chi connectivity index (χ0n) is 18.9. The number of piperidine rings is 1. The normalized spacial score (nSPS) is 20.9. The summed E-state index contributed by atoms with van der Waals surface area (Å²) in [6.45, 7) is 8.43. The lowest BCUT2D eigenvalue weighted by molar-refractivity contribution is -0.121. The zero-order valence-corrected chi connectivity index (χ0v) is 18.9. The highest BCUT2D eigenvalue weighted by molar-refractivity contribution is 5.75. The average Bonchev–Trinajstić information content (AvgIpc) is 3.47. The van der Waals surface area contributed by atoms with Crippen molar-refractivity contribution in [2.45, 2.75) is 58.0 Å². The van der Waals surface area contributed by atoms with Gasteiger partial charge in [0, 0.05) is 31.1 Å². The Morgan fingerprint density at radius 3 is 2.74 bits per heavy atom. The van der Waals surface area contributed by atoms with Gasteiger partial charge in [-0.1, -0.05) is 37.3 Å². The van der Waals surface area contributed by atoms with Crippen molar-refractivity contribution in [3.63, 3.8) is 0 Å². The number of carbonyl (C=O) groups excluding carboxylic acids is 1. The fourth-order valence-electron chi connectivity index (χ4n) is 5.16. The van der Waals surface area contributed by atoms with Crippen LogP contribution in [0.15, 0.2) is 36.5 Å². The maximum absolute atomic E-state index is 12.3. The minimum Gasteiger partial charge on any atom is -0.355 e. The van der Waals surface area contributed by atoms with Gasteiger partial charge >= 0.3 is 0 Å². The summed E-state index contributed by atoms with van der Waals surface area (Å²) < 4.78 is 0. The van der Waals surface area contributed by atoms with Gasteiger partial charge in [0.15, 0.2) is 0 Å². The molecule has 1 amide bonds. The molecular weight excluding hydrogens is 386 g/mol. The van der Waals surface area contributed by atoms with Crippen molar-refractivity contribution < 1.29 is 4.79 Å². The lowest BCUT2D eigenvalue weighted by Crippen LogP contribution is -2.40. The lowest BCUT2D eigenvalue weighted by atomic mass is 9.91. The number of nitrogens with zero attached hydrogens (tertiary/aromatic N) is 3. The molecule has 2 N–H and O–H groups in total. The molecule has 3 heterocycles. The quantitative estimate of drug-likeness (QED) is 0.646. The van der Waals surface area contributed by atoms with E-state index in [0.29, 0.717) is 18.4 Å². The molecule has 1 aromatic carbocycles. The number of nitrogens with one attached hydrogen (secondary N) is 2. The van der Waals surface area contributed by atoms with Crippen molar-refractivity contribution in [2.24, 2.45) is 5.92 Å². The molecule has 2 fully saturated rings. The highest BCUT2D eigenvalue weighted by atomic mass is 16.1. The summed E-state index contributed by atoms with van der Waals surface area (Å²) >= 11 is 0. The van der Waals surface area contributed by atoms with E-state index >= 15 is 0 Å². The fourth-order valence-corrected chi connectivity index (χ4v) is 5.16. The Bertz CT molecular complexity index is 812.